The molecule has 0 N–H and O–H groups in total. The molecule has 0 aliphatic heterocycles. The van der Waals surface area contributed by atoms with Gasteiger partial charge in [0.15, 0.2) is 34.9 Å². The van der Waals surface area contributed by atoms with Crippen LogP contribution in [0.15, 0.2) is 206 Å². The lowest BCUT2D eigenvalue weighted by Crippen LogP contribution is -2.00. The van der Waals surface area contributed by atoms with E-state index in [-0.39, 0.29) is 0 Å². The van der Waals surface area contributed by atoms with Gasteiger partial charge in [-0.3, -0.25) is 0 Å². The second-order valence-corrected chi connectivity index (χ2v) is 14.0. The summed E-state index contributed by atoms with van der Waals surface area (Å²) < 4.78 is 0. The summed E-state index contributed by atoms with van der Waals surface area (Å²) in [6.45, 7) is 0. The number of hydrogen-bond acceptors (Lipinski definition) is 6. The van der Waals surface area contributed by atoms with Crippen LogP contribution in [0.2, 0.25) is 0 Å². The zero-order chi connectivity index (χ0) is 38.7. The second kappa shape index (κ2) is 15.3. The van der Waals surface area contributed by atoms with Gasteiger partial charge in [-0.2, -0.15) is 0 Å². The molecule has 2 heterocycles. The van der Waals surface area contributed by atoms with Crippen LogP contribution < -0.4 is 0 Å². The molecule has 0 unspecified atom stereocenters. The molecule has 0 saturated carbocycles. The first kappa shape index (κ1) is 34.5. The smallest absolute Gasteiger partial charge is 0.164 e. The van der Waals surface area contributed by atoms with Crippen LogP contribution in [0.4, 0.5) is 0 Å². The molecule has 0 radical (unpaired) electrons. The maximum Gasteiger partial charge on any atom is 0.164 e. The fourth-order valence-corrected chi connectivity index (χ4v) is 7.16. The standard InChI is InChI=1S/C52H34N6/c1-5-15-36(16-6-1)47-53-48(37-17-7-2-8-18-37)56-51(55-47)44-25-13-23-40(31-44)42-29-27-35-28-30-43(34-46(35)33-42)41-24-14-26-45(32-41)52-57-49(38-19-9-3-10-20-38)54-50(58-52)39-21-11-4-12-22-39/h1-34H. The number of aromatic nitrogens is 6. The van der Waals surface area contributed by atoms with E-state index in [1.165, 1.54) is 0 Å². The van der Waals surface area contributed by atoms with Gasteiger partial charge in [0.25, 0.3) is 0 Å². The minimum atomic E-state index is 0.627. The van der Waals surface area contributed by atoms with Gasteiger partial charge in [-0.1, -0.05) is 182 Å². The van der Waals surface area contributed by atoms with Crippen LogP contribution in [0.3, 0.4) is 0 Å². The van der Waals surface area contributed by atoms with Crippen LogP contribution in [-0.4, -0.2) is 29.9 Å². The predicted molar refractivity (Wildman–Crippen MR) is 234 cm³/mol. The third-order valence-electron chi connectivity index (χ3n) is 10.1. The molecular weight excluding hydrogens is 709 g/mol. The molecule has 0 bridgehead atoms. The molecule has 10 aromatic rings. The first-order chi connectivity index (χ1) is 28.7. The zero-order valence-corrected chi connectivity index (χ0v) is 31.3. The zero-order valence-electron chi connectivity index (χ0n) is 31.3. The predicted octanol–water partition coefficient (Wildman–Crippen LogP) is 12.5. The van der Waals surface area contributed by atoms with Crippen LogP contribution in [-0.2, 0) is 0 Å². The molecule has 272 valence electrons. The summed E-state index contributed by atoms with van der Waals surface area (Å²) in [7, 11) is 0. The van der Waals surface area contributed by atoms with E-state index < -0.39 is 0 Å². The van der Waals surface area contributed by atoms with Crippen molar-refractivity contribution in [1.82, 2.24) is 29.9 Å². The van der Waals surface area contributed by atoms with Gasteiger partial charge >= 0.3 is 0 Å². The van der Waals surface area contributed by atoms with E-state index in [0.717, 1.165) is 66.4 Å². The van der Waals surface area contributed by atoms with Gasteiger partial charge in [0.05, 0.1) is 0 Å². The van der Waals surface area contributed by atoms with Crippen molar-refractivity contribution in [2.75, 3.05) is 0 Å². The molecule has 0 aliphatic carbocycles. The number of benzene rings is 8. The van der Waals surface area contributed by atoms with Crippen LogP contribution in [0.5, 0.6) is 0 Å². The van der Waals surface area contributed by atoms with Gasteiger partial charge in [-0.15, -0.1) is 0 Å². The number of hydrogen-bond donors (Lipinski definition) is 0. The van der Waals surface area contributed by atoms with Crippen LogP contribution in [0.25, 0.3) is 101 Å². The van der Waals surface area contributed by atoms with E-state index in [1.54, 1.807) is 0 Å². The summed E-state index contributed by atoms with van der Waals surface area (Å²) >= 11 is 0. The SMILES string of the molecule is c1ccc(-c2nc(-c3ccccc3)nc(-c3cccc(-c4ccc5ccc(-c6cccc(-c7nc(-c8ccccc8)nc(-c8ccccc8)n7)c6)cc5c4)c3)n2)cc1. The molecule has 8 aromatic carbocycles. The van der Waals surface area contributed by atoms with Gasteiger partial charge in [0.1, 0.15) is 0 Å². The van der Waals surface area contributed by atoms with Gasteiger partial charge < -0.3 is 0 Å². The molecule has 10 rings (SSSR count). The highest BCUT2D eigenvalue weighted by Crippen LogP contribution is 2.33. The maximum atomic E-state index is 4.96. The quantitative estimate of drug-likeness (QED) is 0.154. The fraction of sp³-hybridized carbons (Fsp3) is 0. The fourth-order valence-electron chi connectivity index (χ4n) is 7.16. The highest BCUT2D eigenvalue weighted by molar-refractivity contribution is 5.91. The van der Waals surface area contributed by atoms with E-state index in [1.807, 2.05) is 121 Å². The minimum Gasteiger partial charge on any atom is -0.208 e. The highest BCUT2D eigenvalue weighted by atomic mass is 15.0. The number of rotatable bonds is 8. The van der Waals surface area contributed by atoms with Crippen molar-refractivity contribution in [1.29, 1.82) is 0 Å². The average molecular weight is 743 g/mol. The number of fused-ring (bicyclic) bond motifs is 1. The third-order valence-corrected chi connectivity index (χ3v) is 10.1. The van der Waals surface area contributed by atoms with Crippen molar-refractivity contribution in [3.05, 3.63) is 206 Å². The Morgan fingerprint density at radius 3 is 0.759 bits per heavy atom. The van der Waals surface area contributed by atoms with Gasteiger partial charge in [0, 0.05) is 33.4 Å². The molecule has 6 heteroatoms. The summed E-state index contributed by atoms with van der Waals surface area (Å²) in [6.07, 6.45) is 0. The van der Waals surface area contributed by atoms with E-state index in [2.05, 4.69) is 84.9 Å². The highest BCUT2D eigenvalue weighted by Gasteiger charge is 2.15. The molecule has 0 fully saturated rings. The summed E-state index contributed by atoms with van der Waals surface area (Å²) in [5.74, 6) is 3.81. The van der Waals surface area contributed by atoms with Gasteiger partial charge in [0.2, 0.25) is 0 Å². The Morgan fingerprint density at radius 2 is 0.431 bits per heavy atom. The van der Waals surface area contributed by atoms with Crippen LogP contribution in [0, 0.1) is 0 Å². The Labute approximate surface area is 336 Å². The number of nitrogens with zero attached hydrogens (tertiary/aromatic N) is 6. The van der Waals surface area contributed by atoms with Crippen molar-refractivity contribution in [3.8, 4) is 90.6 Å². The molecule has 0 spiro atoms. The largest absolute Gasteiger partial charge is 0.208 e. The molecule has 0 amide bonds. The van der Waals surface area contributed by atoms with Crippen molar-refractivity contribution in [2.45, 2.75) is 0 Å². The first-order valence-electron chi connectivity index (χ1n) is 19.2. The summed E-state index contributed by atoms with van der Waals surface area (Å²) in [5, 5.41) is 2.30. The first-order valence-corrected chi connectivity index (χ1v) is 19.2. The lowest BCUT2D eigenvalue weighted by atomic mass is 9.96. The molecule has 0 aliphatic rings. The molecule has 6 nitrogen and oxygen atoms in total. The minimum absolute atomic E-state index is 0.627. The molecule has 0 atom stereocenters. The van der Waals surface area contributed by atoms with Crippen LogP contribution in [0.1, 0.15) is 0 Å². The van der Waals surface area contributed by atoms with Crippen molar-refractivity contribution < 1.29 is 0 Å². The van der Waals surface area contributed by atoms with Gasteiger partial charge in [-0.25, -0.2) is 29.9 Å². The average Bonchev–Trinajstić information content (AvgIpc) is 3.32. The Kier molecular flexibility index (Phi) is 9.10. The van der Waals surface area contributed by atoms with E-state index in [0.29, 0.717) is 34.9 Å². The Bertz CT molecular complexity index is 2720. The van der Waals surface area contributed by atoms with E-state index in [9.17, 15) is 0 Å². The van der Waals surface area contributed by atoms with Crippen molar-refractivity contribution in [2.24, 2.45) is 0 Å². The Hall–Kier alpha value is -7.96. The second-order valence-electron chi connectivity index (χ2n) is 14.0. The Balaban J connectivity index is 1.00. The molecule has 0 saturated heterocycles. The lowest BCUT2D eigenvalue weighted by Gasteiger charge is -2.11. The van der Waals surface area contributed by atoms with Crippen molar-refractivity contribution in [3.63, 3.8) is 0 Å². The molecule has 58 heavy (non-hydrogen) atoms. The summed E-state index contributed by atoms with van der Waals surface area (Å²) in [5.41, 5.74) is 9.97. The Morgan fingerprint density at radius 1 is 0.172 bits per heavy atom. The lowest BCUT2D eigenvalue weighted by molar-refractivity contribution is 1.07. The normalized spacial score (nSPS) is 11.1. The van der Waals surface area contributed by atoms with Crippen LogP contribution >= 0.6 is 0 Å². The summed E-state index contributed by atoms with van der Waals surface area (Å²) in [4.78, 5) is 29.6. The van der Waals surface area contributed by atoms with Crippen molar-refractivity contribution >= 4 is 10.8 Å². The van der Waals surface area contributed by atoms with Gasteiger partial charge in [-0.05, 0) is 57.3 Å². The summed E-state index contributed by atoms with van der Waals surface area (Å²) in [6, 6.07) is 70.3. The monoisotopic (exact) mass is 742 g/mol. The maximum absolute atomic E-state index is 4.96. The third kappa shape index (κ3) is 7.14. The molecule has 2 aromatic heterocycles. The van der Waals surface area contributed by atoms with E-state index in [4.69, 9.17) is 29.9 Å². The topological polar surface area (TPSA) is 77.3 Å². The molecular formula is C52H34N6. The van der Waals surface area contributed by atoms with E-state index >= 15 is 0 Å².